The number of hydrogen-bond acceptors (Lipinski definition) is 6. The van der Waals surface area contributed by atoms with Crippen LogP contribution < -0.4 is 14.3 Å². The number of fused-ring (bicyclic) bond motifs is 1. The molecular formula is C18H21N3O4S. The molecule has 4 rings (SSSR count). The third kappa shape index (κ3) is 3.34. The van der Waals surface area contributed by atoms with Crippen LogP contribution >= 0.6 is 11.3 Å². The predicted molar refractivity (Wildman–Crippen MR) is 97.8 cm³/mol. The van der Waals surface area contributed by atoms with Crippen molar-refractivity contribution in [3.63, 3.8) is 0 Å². The van der Waals surface area contributed by atoms with Crippen molar-refractivity contribution in [2.75, 3.05) is 32.8 Å². The number of benzene rings is 1. The molecule has 7 nitrogen and oxygen atoms in total. The minimum Gasteiger partial charge on any atom is -0.485 e. The summed E-state index contributed by atoms with van der Waals surface area (Å²) < 4.78 is 13.2. The van der Waals surface area contributed by atoms with Gasteiger partial charge in [0, 0.05) is 37.3 Å². The van der Waals surface area contributed by atoms with Crippen LogP contribution in [0.2, 0.25) is 0 Å². The highest BCUT2D eigenvalue weighted by Crippen LogP contribution is 2.31. The summed E-state index contributed by atoms with van der Waals surface area (Å²) >= 11 is 1.22. The summed E-state index contributed by atoms with van der Waals surface area (Å²) in [7, 11) is 0. The molecule has 2 aliphatic heterocycles. The normalized spacial score (nSPS) is 20.2. The molecule has 0 spiro atoms. The molecule has 0 radical (unpaired) electrons. The second kappa shape index (κ2) is 7.13. The van der Waals surface area contributed by atoms with Gasteiger partial charge in [-0.3, -0.25) is 19.1 Å². The number of rotatable bonds is 3. The molecule has 1 fully saturated rings. The number of para-hydroxylation sites is 2. The number of piperazine rings is 1. The number of carbonyl (C=O) groups excluding carboxylic acids is 1. The molecule has 2 aromatic rings. The highest BCUT2D eigenvalue weighted by Gasteiger charge is 2.32. The molecule has 1 saturated heterocycles. The molecule has 0 bridgehead atoms. The quantitative estimate of drug-likeness (QED) is 0.806. The Kier molecular flexibility index (Phi) is 4.69. The van der Waals surface area contributed by atoms with E-state index in [0.29, 0.717) is 31.3 Å². The van der Waals surface area contributed by atoms with Crippen LogP contribution in [0.4, 0.5) is 0 Å². The van der Waals surface area contributed by atoms with E-state index in [0.717, 1.165) is 18.8 Å². The zero-order valence-electron chi connectivity index (χ0n) is 14.6. The van der Waals surface area contributed by atoms with Gasteiger partial charge in [0.05, 0.1) is 6.67 Å². The predicted octanol–water partition coefficient (Wildman–Crippen LogP) is 1.16. The maximum absolute atomic E-state index is 12.7. The first-order valence-corrected chi connectivity index (χ1v) is 9.54. The number of aromatic nitrogens is 1. The van der Waals surface area contributed by atoms with Crippen LogP contribution in [-0.2, 0) is 11.5 Å². The molecule has 1 aromatic heterocycles. The lowest BCUT2D eigenvalue weighted by molar-refractivity contribution is -0.143. The molecule has 3 heterocycles. The van der Waals surface area contributed by atoms with Crippen molar-refractivity contribution in [1.29, 1.82) is 0 Å². The van der Waals surface area contributed by atoms with Gasteiger partial charge in [0.1, 0.15) is 6.61 Å². The summed E-state index contributed by atoms with van der Waals surface area (Å²) in [6, 6.07) is 7.39. The van der Waals surface area contributed by atoms with E-state index < -0.39 is 6.10 Å². The molecule has 0 N–H and O–H groups in total. The highest BCUT2D eigenvalue weighted by molar-refractivity contribution is 7.07. The molecule has 1 aromatic carbocycles. The number of hydrogen-bond donors (Lipinski definition) is 0. The second-order valence-electron chi connectivity index (χ2n) is 6.52. The van der Waals surface area contributed by atoms with Crippen LogP contribution in [0, 0.1) is 6.92 Å². The Labute approximate surface area is 155 Å². The molecule has 8 heteroatoms. The van der Waals surface area contributed by atoms with Gasteiger partial charge in [-0.2, -0.15) is 0 Å². The lowest BCUT2D eigenvalue weighted by Crippen LogP contribution is -2.54. The summed E-state index contributed by atoms with van der Waals surface area (Å²) in [5.74, 6) is 1.25. The average Bonchev–Trinajstić information content (AvgIpc) is 2.99. The fourth-order valence-corrected chi connectivity index (χ4v) is 3.96. The second-order valence-corrected chi connectivity index (χ2v) is 7.34. The van der Waals surface area contributed by atoms with E-state index in [1.54, 1.807) is 4.57 Å². The van der Waals surface area contributed by atoms with E-state index in [2.05, 4.69) is 4.90 Å². The number of amides is 1. The number of thiazole rings is 1. The molecule has 1 atom stereocenters. The molecule has 1 unspecified atom stereocenters. The van der Waals surface area contributed by atoms with Crippen molar-refractivity contribution in [2.45, 2.75) is 19.7 Å². The minimum absolute atomic E-state index is 0.0389. The highest BCUT2D eigenvalue weighted by atomic mass is 32.1. The Morgan fingerprint density at radius 1 is 1.19 bits per heavy atom. The zero-order chi connectivity index (χ0) is 18.1. The van der Waals surface area contributed by atoms with Crippen molar-refractivity contribution in [3.05, 3.63) is 45.0 Å². The Hall–Kier alpha value is -2.32. The van der Waals surface area contributed by atoms with Crippen molar-refractivity contribution < 1.29 is 14.3 Å². The Bertz CT molecular complexity index is 854. The van der Waals surface area contributed by atoms with E-state index in [4.69, 9.17) is 9.47 Å². The number of aryl methyl sites for hydroxylation is 1. The van der Waals surface area contributed by atoms with E-state index in [1.807, 2.05) is 41.5 Å². The van der Waals surface area contributed by atoms with Gasteiger partial charge in [-0.25, -0.2) is 0 Å². The minimum atomic E-state index is -0.599. The molecule has 138 valence electrons. The van der Waals surface area contributed by atoms with Crippen LogP contribution in [0.5, 0.6) is 11.5 Å². The fraction of sp³-hybridized carbons (Fsp3) is 0.444. The Morgan fingerprint density at radius 3 is 2.62 bits per heavy atom. The summed E-state index contributed by atoms with van der Waals surface area (Å²) in [6.45, 7) is 5.47. The lowest BCUT2D eigenvalue weighted by atomic mass is 10.2. The van der Waals surface area contributed by atoms with Crippen molar-refractivity contribution in [1.82, 2.24) is 14.4 Å². The first-order valence-electron chi connectivity index (χ1n) is 8.66. The van der Waals surface area contributed by atoms with Gasteiger partial charge in [0.15, 0.2) is 11.5 Å². The van der Waals surface area contributed by atoms with Crippen molar-refractivity contribution in [3.8, 4) is 11.5 Å². The molecule has 0 saturated carbocycles. The molecule has 2 aliphatic rings. The van der Waals surface area contributed by atoms with Crippen LogP contribution in [0.3, 0.4) is 0 Å². The third-order valence-corrected chi connectivity index (χ3v) is 5.67. The van der Waals surface area contributed by atoms with E-state index >= 15 is 0 Å². The molecule has 1 amide bonds. The molecular weight excluding hydrogens is 354 g/mol. The summed E-state index contributed by atoms with van der Waals surface area (Å²) in [4.78, 5) is 28.7. The van der Waals surface area contributed by atoms with Crippen molar-refractivity contribution in [2.24, 2.45) is 0 Å². The van der Waals surface area contributed by atoms with Crippen molar-refractivity contribution >= 4 is 17.2 Å². The van der Waals surface area contributed by atoms with Gasteiger partial charge in [-0.15, -0.1) is 0 Å². The van der Waals surface area contributed by atoms with Crippen LogP contribution in [0.15, 0.2) is 34.4 Å². The van der Waals surface area contributed by atoms with Gasteiger partial charge >= 0.3 is 4.87 Å². The first-order chi connectivity index (χ1) is 12.6. The molecule has 26 heavy (non-hydrogen) atoms. The first kappa shape index (κ1) is 17.1. The van der Waals surface area contributed by atoms with Gasteiger partial charge in [0.2, 0.25) is 6.10 Å². The lowest BCUT2D eigenvalue weighted by Gasteiger charge is -2.37. The van der Waals surface area contributed by atoms with Gasteiger partial charge in [-0.05, 0) is 19.1 Å². The maximum Gasteiger partial charge on any atom is 0.308 e. The zero-order valence-corrected chi connectivity index (χ0v) is 15.4. The number of carbonyl (C=O) groups is 1. The average molecular weight is 375 g/mol. The summed E-state index contributed by atoms with van der Waals surface area (Å²) in [5, 5.41) is 1.88. The van der Waals surface area contributed by atoms with Crippen LogP contribution in [-0.4, -0.2) is 59.2 Å². The standard InChI is InChI=1S/C18H21N3O4S/c1-13-11-26-18(23)21(13)12-19-6-8-20(9-7-19)17(22)16-10-24-14-4-2-3-5-15(14)25-16/h2-5,11,16H,6-10,12H2,1H3. The monoisotopic (exact) mass is 375 g/mol. The van der Waals surface area contributed by atoms with Gasteiger partial charge in [-0.1, -0.05) is 23.5 Å². The maximum atomic E-state index is 12.7. The smallest absolute Gasteiger partial charge is 0.308 e. The summed E-state index contributed by atoms with van der Waals surface area (Å²) in [5.41, 5.74) is 0.977. The van der Waals surface area contributed by atoms with Gasteiger partial charge < -0.3 is 14.4 Å². The SMILES string of the molecule is Cc1csc(=O)n1CN1CCN(C(=O)C2COc3ccccc3O2)CC1. The largest absolute Gasteiger partial charge is 0.485 e. The fourth-order valence-electron chi connectivity index (χ4n) is 3.23. The number of ether oxygens (including phenoxy) is 2. The summed E-state index contributed by atoms with van der Waals surface area (Å²) in [6.07, 6.45) is -0.599. The Morgan fingerprint density at radius 2 is 1.92 bits per heavy atom. The van der Waals surface area contributed by atoms with E-state index in [9.17, 15) is 9.59 Å². The van der Waals surface area contributed by atoms with Crippen LogP contribution in [0.1, 0.15) is 5.69 Å². The van der Waals surface area contributed by atoms with E-state index in [-0.39, 0.29) is 17.4 Å². The Balaban J connectivity index is 1.33. The number of nitrogens with zero attached hydrogens (tertiary/aromatic N) is 3. The van der Waals surface area contributed by atoms with Crippen LogP contribution in [0.25, 0.3) is 0 Å². The van der Waals surface area contributed by atoms with Gasteiger partial charge in [0.25, 0.3) is 5.91 Å². The van der Waals surface area contributed by atoms with E-state index in [1.165, 1.54) is 11.3 Å². The topological polar surface area (TPSA) is 64.0 Å². The molecule has 0 aliphatic carbocycles. The third-order valence-electron chi connectivity index (χ3n) is 4.79.